The molecule has 0 aliphatic heterocycles. The minimum Gasteiger partial charge on any atom is -0.360 e. The molecule has 1 aromatic heterocycles. The summed E-state index contributed by atoms with van der Waals surface area (Å²) in [6.45, 7) is 1.17. The van der Waals surface area contributed by atoms with Gasteiger partial charge < -0.3 is 4.90 Å². The van der Waals surface area contributed by atoms with Gasteiger partial charge in [-0.15, -0.1) is 0 Å². The van der Waals surface area contributed by atoms with Crippen LogP contribution in [0.3, 0.4) is 0 Å². The first-order valence-electron chi connectivity index (χ1n) is 3.63. The van der Waals surface area contributed by atoms with Crippen molar-refractivity contribution in [3.05, 3.63) is 23.1 Å². The SMILES string of the molecule is Cc1c(F)c(F)nc(N(C)C)c1F. The van der Waals surface area contributed by atoms with Crippen LogP contribution in [0.4, 0.5) is 19.0 Å². The van der Waals surface area contributed by atoms with Gasteiger partial charge in [-0.25, -0.2) is 8.78 Å². The molecule has 0 unspecified atom stereocenters. The van der Waals surface area contributed by atoms with Gasteiger partial charge in [-0.1, -0.05) is 0 Å². The second-order valence-corrected chi connectivity index (χ2v) is 2.87. The summed E-state index contributed by atoms with van der Waals surface area (Å²) in [6.07, 6.45) is 0. The topological polar surface area (TPSA) is 16.1 Å². The van der Waals surface area contributed by atoms with E-state index in [0.717, 1.165) is 0 Å². The maximum absolute atomic E-state index is 13.2. The van der Waals surface area contributed by atoms with E-state index in [1.54, 1.807) is 0 Å². The number of rotatable bonds is 1. The van der Waals surface area contributed by atoms with Crippen molar-refractivity contribution in [3.63, 3.8) is 0 Å². The lowest BCUT2D eigenvalue weighted by Gasteiger charge is -2.13. The molecule has 0 amide bonds. The summed E-state index contributed by atoms with van der Waals surface area (Å²) in [7, 11) is 3.00. The van der Waals surface area contributed by atoms with E-state index in [2.05, 4.69) is 4.98 Å². The minimum atomic E-state index is -1.28. The molecule has 0 saturated heterocycles. The molecule has 2 nitrogen and oxygen atoms in total. The third-order valence-electron chi connectivity index (χ3n) is 1.66. The Kier molecular flexibility index (Phi) is 2.45. The fourth-order valence-electron chi connectivity index (χ4n) is 0.906. The van der Waals surface area contributed by atoms with Crippen LogP contribution in [0.5, 0.6) is 0 Å². The Morgan fingerprint density at radius 3 is 2.08 bits per heavy atom. The molecule has 1 aromatic rings. The average molecular weight is 190 g/mol. The van der Waals surface area contributed by atoms with Crippen molar-refractivity contribution in [2.45, 2.75) is 6.92 Å². The molecule has 13 heavy (non-hydrogen) atoms. The smallest absolute Gasteiger partial charge is 0.251 e. The van der Waals surface area contributed by atoms with Crippen LogP contribution in [-0.4, -0.2) is 19.1 Å². The van der Waals surface area contributed by atoms with E-state index in [0.29, 0.717) is 0 Å². The molecule has 0 atom stereocenters. The van der Waals surface area contributed by atoms with Crippen molar-refractivity contribution in [1.82, 2.24) is 4.98 Å². The van der Waals surface area contributed by atoms with Gasteiger partial charge in [0.1, 0.15) is 0 Å². The molecule has 1 heterocycles. The van der Waals surface area contributed by atoms with Gasteiger partial charge in [0.15, 0.2) is 17.5 Å². The van der Waals surface area contributed by atoms with Crippen LogP contribution in [0.25, 0.3) is 0 Å². The first kappa shape index (κ1) is 9.83. The number of pyridine rings is 1. The predicted molar refractivity (Wildman–Crippen MR) is 43.2 cm³/mol. The molecule has 0 bridgehead atoms. The summed E-state index contributed by atoms with van der Waals surface area (Å²) in [6, 6.07) is 0. The maximum atomic E-state index is 13.2. The van der Waals surface area contributed by atoms with E-state index >= 15 is 0 Å². The highest BCUT2D eigenvalue weighted by molar-refractivity contribution is 5.41. The molecule has 1 rings (SSSR count). The summed E-state index contributed by atoms with van der Waals surface area (Å²) in [4.78, 5) is 4.42. The minimum absolute atomic E-state index is 0.198. The van der Waals surface area contributed by atoms with Gasteiger partial charge in [-0.2, -0.15) is 9.37 Å². The van der Waals surface area contributed by atoms with Crippen LogP contribution in [0.15, 0.2) is 0 Å². The summed E-state index contributed by atoms with van der Waals surface area (Å²) < 4.78 is 38.6. The Hall–Kier alpha value is -1.26. The maximum Gasteiger partial charge on any atom is 0.251 e. The molecule has 0 aliphatic rings. The van der Waals surface area contributed by atoms with E-state index in [-0.39, 0.29) is 11.4 Å². The second-order valence-electron chi connectivity index (χ2n) is 2.87. The largest absolute Gasteiger partial charge is 0.360 e. The van der Waals surface area contributed by atoms with E-state index in [1.165, 1.54) is 25.9 Å². The first-order chi connectivity index (χ1) is 5.95. The number of halogens is 3. The molecule has 0 saturated carbocycles. The average Bonchev–Trinajstić information content (AvgIpc) is 2.07. The van der Waals surface area contributed by atoms with Crippen molar-refractivity contribution < 1.29 is 13.2 Å². The standard InChI is InChI=1S/C8H9F3N2/c1-4-5(9)7(11)12-8(6(4)10)13(2)3/h1-3H3. The van der Waals surface area contributed by atoms with Crippen LogP contribution in [-0.2, 0) is 0 Å². The van der Waals surface area contributed by atoms with E-state index in [4.69, 9.17) is 0 Å². The molecule has 0 radical (unpaired) electrons. The summed E-state index contributed by atoms with van der Waals surface area (Å²) >= 11 is 0. The zero-order chi connectivity index (χ0) is 10.2. The highest BCUT2D eigenvalue weighted by Gasteiger charge is 2.17. The molecule has 0 aromatic carbocycles. The number of hydrogen-bond acceptors (Lipinski definition) is 2. The number of anilines is 1. The second kappa shape index (κ2) is 3.24. The van der Waals surface area contributed by atoms with Gasteiger partial charge in [0.25, 0.3) is 5.95 Å². The molecule has 0 fully saturated rings. The molecule has 72 valence electrons. The van der Waals surface area contributed by atoms with Gasteiger partial charge in [-0.05, 0) is 6.92 Å². The number of hydrogen-bond donors (Lipinski definition) is 0. The zero-order valence-electron chi connectivity index (χ0n) is 7.53. The zero-order valence-corrected chi connectivity index (χ0v) is 7.53. The molecular formula is C8H9F3N2. The van der Waals surface area contributed by atoms with Crippen LogP contribution in [0.1, 0.15) is 5.56 Å². The molecule has 5 heteroatoms. The van der Waals surface area contributed by atoms with Crippen molar-refractivity contribution in [2.24, 2.45) is 0 Å². The third kappa shape index (κ3) is 1.59. The van der Waals surface area contributed by atoms with Crippen LogP contribution >= 0.6 is 0 Å². The number of aromatic nitrogens is 1. The first-order valence-corrected chi connectivity index (χ1v) is 3.63. The summed E-state index contributed by atoms with van der Waals surface area (Å²) in [5.41, 5.74) is -0.351. The van der Waals surface area contributed by atoms with Gasteiger partial charge in [0.05, 0.1) is 0 Å². The molecule has 0 aliphatic carbocycles. The van der Waals surface area contributed by atoms with E-state index < -0.39 is 17.6 Å². The molecular weight excluding hydrogens is 181 g/mol. The van der Waals surface area contributed by atoms with Gasteiger partial charge in [0, 0.05) is 19.7 Å². The normalized spacial score (nSPS) is 10.3. The lowest BCUT2D eigenvalue weighted by atomic mass is 10.2. The monoisotopic (exact) mass is 190 g/mol. The Bertz CT molecular complexity index is 337. The predicted octanol–water partition coefficient (Wildman–Crippen LogP) is 1.87. The van der Waals surface area contributed by atoms with Crippen molar-refractivity contribution in [1.29, 1.82) is 0 Å². The van der Waals surface area contributed by atoms with E-state index in [1.807, 2.05) is 0 Å². The van der Waals surface area contributed by atoms with Crippen LogP contribution in [0.2, 0.25) is 0 Å². The van der Waals surface area contributed by atoms with Crippen molar-refractivity contribution in [3.8, 4) is 0 Å². The van der Waals surface area contributed by atoms with Crippen molar-refractivity contribution >= 4 is 5.82 Å². The summed E-state index contributed by atoms with van der Waals surface area (Å²) in [5.74, 6) is -3.54. The molecule has 0 N–H and O–H groups in total. The lowest BCUT2D eigenvalue weighted by molar-refractivity contribution is 0.457. The Morgan fingerprint density at radius 1 is 1.08 bits per heavy atom. The van der Waals surface area contributed by atoms with E-state index in [9.17, 15) is 13.2 Å². The van der Waals surface area contributed by atoms with Gasteiger partial charge in [-0.3, -0.25) is 0 Å². The Balaban J connectivity index is 3.41. The quantitative estimate of drug-likeness (QED) is 0.628. The number of nitrogens with zero attached hydrogens (tertiary/aromatic N) is 2. The van der Waals surface area contributed by atoms with Gasteiger partial charge in [0.2, 0.25) is 0 Å². The lowest BCUT2D eigenvalue weighted by Crippen LogP contribution is -2.15. The fraction of sp³-hybridized carbons (Fsp3) is 0.375. The van der Waals surface area contributed by atoms with Crippen molar-refractivity contribution in [2.75, 3.05) is 19.0 Å². The third-order valence-corrected chi connectivity index (χ3v) is 1.66. The highest BCUT2D eigenvalue weighted by Crippen LogP contribution is 2.21. The summed E-state index contributed by atoms with van der Waals surface area (Å²) in [5, 5.41) is 0. The Labute approximate surface area is 74.0 Å². The van der Waals surface area contributed by atoms with Crippen LogP contribution < -0.4 is 4.90 Å². The fourth-order valence-corrected chi connectivity index (χ4v) is 0.906. The molecule has 0 spiro atoms. The van der Waals surface area contributed by atoms with Gasteiger partial charge >= 0.3 is 0 Å². The van der Waals surface area contributed by atoms with Crippen LogP contribution in [0, 0.1) is 24.5 Å². The highest BCUT2D eigenvalue weighted by atomic mass is 19.2. The Morgan fingerprint density at radius 2 is 1.62 bits per heavy atom.